The van der Waals surface area contributed by atoms with Gasteiger partial charge in [0, 0.05) is 6.54 Å². The van der Waals surface area contributed by atoms with Crippen LogP contribution in [0.5, 0.6) is 0 Å². The fourth-order valence-corrected chi connectivity index (χ4v) is 2.95. The Morgan fingerprint density at radius 3 is 2.50 bits per heavy atom. The van der Waals surface area contributed by atoms with Gasteiger partial charge in [0.2, 0.25) is 5.91 Å². The number of carbonyl (C=O) groups is 1. The van der Waals surface area contributed by atoms with Crippen molar-refractivity contribution >= 4 is 5.91 Å². The van der Waals surface area contributed by atoms with E-state index >= 15 is 0 Å². The second-order valence-corrected chi connectivity index (χ2v) is 6.45. The van der Waals surface area contributed by atoms with Crippen molar-refractivity contribution in [3.05, 3.63) is 0 Å². The third-order valence-electron chi connectivity index (χ3n) is 3.61. The summed E-state index contributed by atoms with van der Waals surface area (Å²) in [6, 6.07) is 0. The molecule has 0 spiro atoms. The van der Waals surface area contributed by atoms with E-state index in [-0.39, 0.29) is 11.3 Å². The van der Waals surface area contributed by atoms with Crippen LogP contribution in [0.25, 0.3) is 0 Å². The highest BCUT2D eigenvalue weighted by Crippen LogP contribution is 2.32. The van der Waals surface area contributed by atoms with E-state index in [1.165, 1.54) is 25.7 Å². The average molecular weight is 224 g/mol. The van der Waals surface area contributed by atoms with E-state index in [0.29, 0.717) is 18.6 Å². The second-order valence-electron chi connectivity index (χ2n) is 6.45. The summed E-state index contributed by atoms with van der Waals surface area (Å²) in [5.74, 6) is 0.973. The van der Waals surface area contributed by atoms with Gasteiger partial charge < -0.3 is 4.90 Å². The predicted octanol–water partition coefficient (Wildman–Crippen LogP) is 1.98. The minimum atomic E-state index is 0.193. The Morgan fingerprint density at radius 1 is 1.31 bits per heavy atom. The molecule has 1 heterocycles. The lowest BCUT2D eigenvalue weighted by atomic mass is 9.94. The molecule has 0 radical (unpaired) electrons. The zero-order valence-electron chi connectivity index (χ0n) is 10.8. The van der Waals surface area contributed by atoms with Crippen molar-refractivity contribution in [2.45, 2.75) is 52.6 Å². The van der Waals surface area contributed by atoms with E-state index in [1.807, 2.05) is 0 Å². The molecular formula is C13H24N2O. The van der Waals surface area contributed by atoms with E-state index in [2.05, 4.69) is 31.0 Å². The highest BCUT2D eigenvalue weighted by molar-refractivity contribution is 5.80. The fraction of sp³-hybridized carbons (Fsp3) is 0.923. The summed E-state index contributed by atoms with van der Waals surface area (Å²) in [5.41, 5.74) is 0.193. The number of rotatable bonds is 2. The largest absolute Gasteiger partial charge is 0.325 e. The van der Waals surface area contributed by atoms with E-state index in [1.54, 1.807) is 0 Å². The van der Waals surface area contributed by atoms with Gasteiger partial charge in [0.25, 0.3) is 0 Å². The third-order valence-corrected chi connectivity index (χ3v) is 3.61. The number of hydrogen-bond acceptors (Lipinski definition) is 2. The first-order valence-electron chi connectivity index (χ1n) is 6.50. The molecule has 3 nitrogen and oxygen atoms in total. The number of amides is 1. The second kappa shape index (κ2) is 4.36. The number of nitrogens with zero attached hydrogens (tertiary/aromatic N) is 1. The Labute approximate surface area is 98.6 Å². The molecule has 1 aliphatic carbocycles. The summed E-state index contributed by atoms with van der Waals surface area (Å²) >= 11 is 0. The lowest BCUT2D eigenvalue weighted by Crippen LogP contribution is -2.45. The van der Waals surface area contributed by atoms with Gasteiger partial charge in [-0.2, -0.15) is 0 Å². The quantitative estimate of drug-likeness (QED) is 0.778. The summed E-state index contributed by atoms with van der Waals surface area (Å²) in [7, 11) is 0. The van der Waals surface area contributed by atoms with Crippen molar-refractivity contribution in [3.8, 4) is 0 Å². The SMILES string of the molecule is CC(C)(C)CN1C(=O)CNC1C1CCCC1. The fourth-order valence-electron chi connectivity index (χ4n) is 2.95. The number of hydrogen-bond donors (Lipinski definition) is 1. The van der Waals surface area contributed by atoms with Crippen molar-refractivity contribution in [1.29, 1.82) is 0 Å². The molecule has 1 N–H and O–H groups in total. The smallest absolute Gasteiger partial charge is 0.237 e. The molecule has 3 heteroatoms. The van der Waals surface area contributed by atoms with E-state index in [9.17, 15) is 4.79 Å². The summed E-state index contributed by atoms with van der Waals surface area (Å²) in [6.07, 6.45) is 5.55. The Kier molecular flexibility index (Phi) is 3.24. The van der Waals surface area contributed by atoms with E-state index < -0.39 is 0 Å². The Bertz CT molecular complexity index is 264. The van der Waals surface area contributed by atoms with Crippen molar-refractivity contribution in [3.63, 3.8) is 0 Å². The summed E-state index contributed by atoms with van der Waals surface area (Å²) in [5, 5.41) is 3.40. The van der Waals surface area contributed by atoms with Crippen LogP contribution in [-0.2, 0) is 4.79 Å². The summed E-state index contributed by atoms with van der Waals surface area (Å²) in [4.78, 5) is 14.0. The first-order valence-corrected chi connectivity index (χ1v) is 6.50. The first kappa shape index (κ1) is 11.9. The summed E-state index contributed by atoms with van der Waals surface area (Å²) < 4.78 is 0. The highest BCUT2D eigenvalue weighted by Gasteiger charge is 2.38. The Morgan fingerprint density at radius 2 is 1.94 bits per heavy atom. The molecule has 1 unspecified atom stereocenters. The molecule has 1 saturated heterocycles. The average Bonchev–Trinajstić information content (AvgIpc) is 2.75. The van der Waals surface area contributed by atoms with Crippen molar-refractivity contribution < 1.29 is 4.79 Å². The predicted molar refractivity (Wildman–Crippen MR) is 64.9 cm³/mol. The van der Waals surface area contributed by atoms with E-state index in [4.69, 9.17) is 0 Å². The zero-order chi connectivity index (χ0) is 11.8. The van der Waals surface area contributed by atoms with Gasteiger partial charge in [0.15, 0.2) is 0 Å². The van der Waals surface area contributed by atoms with Gasteiger partial charge in [-0.1, -0.05) is 33.6 Å². The molecule has 1 amide bonds. The van der Waals surface area contributed by atoms with Crippen LogP contribution in [0.2, 0.25) is 0 Å². The molecule has 16 heavy (non-hydrogen) atoms. The van der Waals surface area contributed by atoms with Crippen LogP contribution < -0.4 is 5.32 Å². The maximum absolute atomic E-state index is 11.9. The van der Waals surface area contributed by atoms with Crippen LogP contribution in [0.4, 0.5) is 0 Å². The van der Waals surface area contributed by atoms with Gasteiger partial charge in [-0.25, -0.2) is 0 Å². The van der Waals surface area contributed by atoms with Crippen LogP contribution in [0, 0.1) is 11.3 Å². The van der Waals surface area contributed by atoms with Crippen LogP contribution >= 0.6 is 0 Å². The molecule has 0 aromatic carbocycles. The molecule has 0 bridgehead atoms. The zero-order valence-corrected chi connectivity index (χ0v) is 10.8. The Balaban J connectivity index is 2.03. The minimum absolute atomic E-state index is 0.193. The summed E-state index contributed by atoms with van der Waals surface area (Å²) in [6.45, 7) is 8.01. The molecule has 1 atom stereocenters. The highest BCUT2D eigenvalue weighted by atomic mass is 16.2. The van der Waals surface area contributed by atoms with Gasteiger partial charge in [0.1, 0.15) is 0 Å². The topological polar surface area (TPSA) is 32.3 Å². The molecule has 92 valence electrons. The number of nitrogens with one attached hydrogen (secondary N) is 1. The van der Waals surface area contributed by atoms with Crippen molar-refractivity contribution in [2.75, 3.05) is 13.1 Å². The van der Waals surface area contributed by atoms with Crippen LogP contribution in [-0.4, -0.2) is 30.1 Å². The van der Waals surface area contributed by atoms with Crippen LogP contribution in [0.15, 0.2) is 0 Å². The lowest BCUT2D eigenvalue weighted by molar-refractivity contribution is -0.130. The molecule has 2 rings (SSSR count). The van der Waals surface area contributed by atoms with Crippen LogP contribution in [0.1, 0.15) is 46.5 Å². The van der Waals surface area contributed by atoms with Gasteiger partial charge in [-0.05, 0) is 24.2 Å². The first-order chi connectivity index (χ1) is 7.47. The molecule has 2 aliphatic rings. The molecule has 1 aliphatic heterocycles. The molecule has 1 saturated carbocycles. The van der Waals surface area contributed by atoms with Crippen molar-refractivity contribution in [2.24, 2.45) is 11.3 Å². The molecule has 0 aromatic rings. The van der Waals surface area contributed by atoms with Gasteiger partial charge >= 0.3 is 0 Å². The Hall–Kier alpha value is -0.570. The number of carbonyl (C=O) groups excluding carboxylic acids is 1. The molecule has 2 fully saturated rings. The normalized spacial score (nSPS) is 28.1. The lowest BCUT2D eigenvalue weighted by Gasteiger charge is -2.34. The van der Waals surface area contributed by atoms with Crippen molar-refractivity contribution in [1.82, 2.24) is 10.2 Å². The van der Waals surface area contributed by atoms with Gasteiger partial charge in [0.05, 0.1) is 12.7 Å². The third kappa shape index (κ3) is 2.57. The van der Waals surface area contributed by atoms with E-state index in [0.717, 1.165) is 6.54 Å². The maximum atomic E-state index is 11.9. The minimum Gasteiger partial charge on any atom is -0.325 e. The molecular weight excluding hydrogens is 200 g/mol. The monoisotopic (exact) mass is 224 g/mol. The maximum Gasteiger partial charge on any atom is 0.237 e. The molecule has 0 aromatic heterocycles. The van der Waals surface area contributed by atoms with Gasteiger partial charge in [-0.15, -0.1) is 0 Å². The van der Waals surface area contributed by atoms with Gasteiger partial charge in [-0.3, -0.25) is 10.1 Å². The standard InChI is InChI=1S/C13H24N2O/c1-13(2,3)9-15-11(16)8-14-12(15)10-6-4-5-7-10/h10,12,14H,4-9H2,1-3H3. The van der Waals surface area contributed by atoms with Crippen LogP contribution in [0.3, 0.4) is 0 Å².